The molecule has 8 nitrogen and oxygen atoms in total. The molecule has 2 aliphatic rings. The number of rotatable bonds is 5. The van der Waals surface area contributed by atoms with Crippen molar-refractivity contribution in [3.8, 4) is 0 Å². The van der Waals surface area contributed by atoms with Crippen LogP contribution in [0, 0.1) is 0 Å². The molecule has 1 aliphatic carbocycles. The van der Waals surface area contributed by atoms with E-state index in [0.29, 0.717) is 13.1 Å². The number of hydrogen-bond acceptors (Lipinski definition) is 5. The number of nitrogens with zero attached hydrogens (tertiary/aromatic N) is 4. The molecule has 1 saturated heterocycles. The first kappa shape index (κ1) is 23.5. The van der Waals surface area contributed by atoms with E-state index in [1.807, 2.05) is 14.1 Å². The van der Waals surface area contributed by atoms with E-state index in [2.05, 4.69) is 40.8 Å². The van der Waals surface area contributed by atoms with Crippen molar-refractivity contribution in [1.82, 2.24) is 19.6 Å². The van der Waals surface area contributed by atoms with Gasteiger partial charge in [-0.3, -0.25) is 9.59 Å². The molecule has 1 aromatic heterocycles. The molecule has 1 fully saturated rings. The Bertz CT molecular complexity index is 942. The third-order valence-corrected chi connectivity index (χ3v) is 6.37. The van der Waals surface area contributed by atoms with Gasteiger partial charge in [-0.2, -0.15) is 5.10 Å². The lowest BCUT2D eigenvalue weighted by atomic mass is 9.92. The summed E-state index contributed by atoms with van der Waals surface area (Å²) >= 11 is 0. The summed E-state index contributed by atoms with van der Waals surface area (Å²) in [7, 11) is 3.97. The summed E-state index contributed by atoms with van der Waals surface area (Å²) in [5.41, 5.74) is 14.5. The maximum absolute atomic E-state index is 12.0. The Morgan fingerprint density at radius 2 is 1.84 bits per heavy atom. The van der Waals surface area contributed by atoms with Crippen LogP contribution in [0.1, 0.15) is 40.7 Å². The number of carbonyl (C=O) groups excluding carboxylic acids is 2. The summed E-state index contributed by atoms with van der Waals surface area (Å²) in [5.74, 6) is -0.498. The molecule has 2 atom stereocenters. The number of likely N-dealkylation sites (N-methyl/N-ethyl adjacent to an activating group) is 1. The number of likely N-dealkylation sites (tertiary alicyclic amines) is 1. The smallest absolute Gasteiger partial charge is 0.254 e. The number of aryl methyl sites for hydroxylation is 2. The van der Waals surface area contributed by atoms with Gasteiger partial charge in [-0.1, -0.05) is 30.8 Å². The highest BCUT2D eigenvalue weighted by atomic mass is 16.2. The largest absolute Gasteiger partial charge is 0.383 e. The van der Waals surface area contributed by atoms with Gasteiger partial charge in [0.1, 0.15) is 11.4 Å². The van der Waals surface area contributed by atoms with Crippen molar-refractivity contribution < 1.29 is 9.59 Å². The number of amides is 2. The van der Waals surface area contributed by atoms with Crippen molar-refractivity contribution in [3.05, 3.63) is 59.8 Å². The Morgan fingerprint density at radius 3 is 2.34 bits per heavy atom. The molecule has 172 valence electrons. The number of nitrogens with two attached hydrogens (primary N) is 2. The Hall–Kier alpha value is -3.13. The highest BCUT2D eigenvalue weighted by Crippen LogP contribution is 2.24. The second-order valence-electron chi connectivity index (χ2n) is 8.67. The van der Waals surface area contributed by atoms with Crippen LogP contribution >= 0.6 is 0 Å². The molecule has 8 heteroatoms. The van der Waals surface area contributed by atoms with Gasteiger partial charge in [0.25, 0.3) is 5.91 Å². The van der Waals surface area contributed by atoms with Crippen LogP contribution in [0.15, 0.2) is 43.1 Å². The van der Waals surface area contributed by atoms with Crippen molar-refractivity contribution in [3.63, 3.8) is 0 Å². The van der Waals surface area contributed by atoms with Crippen LogP contribution in [0.3, 0.4) is 0 Å². The van der Waals surface area contributed by atoms with E-state index in [0.717, 1.165) is 6.42 Å². The van der Waals surface area contributed by atoms with Gasteiger partial charge in [-0.25, -0.2) is 4.68 Å². The predicted molar refractivity (Wildman–Crippen MR) is 126 cm³/mol. The zero-order valence-corrected chi connectivity index (χ0v) is 19.0. The van der Waals surface area contributed by atoms with Crippen LogP contribution in [0.4, 0.5) is 5.82 Å². The summed E-state index contributed by atoms with van der Waals surface area (Å²) < 4.78 is 1.52. The number of hydrogen-bond donors (Lipinski definition) is 2. The highest BCUT2D eigenvalue weighted by Gasteiger charge is 2.36. The van der Waals surface area contributed by atoms with Crippen molar-refractivity contribution >= 4 is 17.6 Å². The maximum Gasteiger partial charge on any atom is 0.254 e. The van der Waals surface area contributed by atoms with Crippen molar-refractivity contribution in [2.24, 2.45) is 5.73 Å². The first-order chi connectivity index (χ1) is 15.3. The first-order valence-electron chi connectivity index (χ1n) is 11.1. The van der Waals surface area contributed by atoms with Gasteiger partial charge in [0.2, 0.25) is 5.91 Å². The van der Waals surface area contributed by atoms with E-state index in [1.165, 1.54) is 42.6 Å². The van der Waals surface area contributed by atoms with Gasteiger partial charge in [-0.05, 0) is 63.4 Å². The van der Waals surface area contributed by atoms with Gasteiger partial charge >= 0.3 is 0 Å². The predicted octanol–water partition coefficient (Wildman–Crippen LogP) is 1.85. The summed E-state index contributed by atoms with van der Waals surface area (Å²) in [6.45, 7) is 4.60. The fourth-order valence-electron chi connectivity index (χ4n) is 4.43. The van der Waals surface area contributed by atoms with Crippen molar-refractivity contribution in [1.29, 1.82) is 0 Å². The lowest BCUT2D eigenvalue weighted by molar-refractivity contribution is -0.127. The zero-order chi connectivity index (χ0) is 23.3. The van der Waals surface area contributed by atoms with E-state index in [9.17, 15) is 9.59 Å². The number of aromatic nitrogens is 2. The number of primary amides is 1. The van der Waals surface area contributed by atoms with E-state index in [4.69, 9.17) is 11.5 Å². The Kier molecular flexibility index (Phi) is 7.69. The molecule has 0 saturated carbocycles. The molecule has 32 heavy (non-hydrogen) atoms. The minimum Gasteiger partial charge on any atom is -0.383 e. The lowest BCUT2D eigenvalue weighted by Gasteiger charge is -2.23. The SMILES string of the molecule is C=CC(=O)N1CC(N(C)C)C[C@H]1Cn1ncc(C(N)=O)c1N.c1ccc2c(c1)CCCC2. The van der Waals surface area contributed by atoms with E-state index in [1.54, 1.807) is 16.0 Å². The number of nitrogen functional groups attached to an aromatic ring is 1. The molecule has 4 rings (SSSR count). The van der Waals surface area contributed by atoms with Crippen molar-refractivity contribution in [2.75, 3.05) is 26.4 Å². The molecule has 1 aliphatic heterocycles. The molecule has 2 heterocycles. The normalized spacial score (nSPS) is 19.8. The molecule has 1 aromatic carbocycles. The molecular formula is C24H34N6O2. The first-order valence-corrected chi connectivity index (χ1v) is 11.1. The molecule has 2 amide bonds. The second-order valence-corrected chi connectivity index (χ2v) is 8.67. The minimum atomic E-state index is -0.611. The zero-order valence-electron chi connectivity index (χ0n) is 19.0. The van der Waals surface area contributed by atoms with Crippen LogP contribution in [-0.2, 0) is 24.2 Å². The van der Waals surface area contributed by atoms with Crippen LogP contribution in [-0.4, -0.2) is 64.1 Å². The molecule has 2 aromatic rings. The summed E-state index contributed by atoms with van der Waals surface area (Å²) in [4.78, 5) is 27.1. The van der Waals surface area contributed by atoms with Gasteiger partial charge in [0.15, 0.2) is 0 Å². The Morgan fingerprint density at radius 1 is 1.22 bits per heavy atom. The quantitative estimate of drug-likeness (QED) is 0.692. The number of benzene rings is 1. The van der Waals surface area contributed by atoms with Crippen molar-refractivity contribution in [2.45, 2.75) is 50.7 Å². The van der Waals surface area contributed by atoms with Crippen LogP contribution < -0.4 is 11.5 Å². The second kappa shape index (κ2) is 10.5. The fourth-order valence-corrected chi connectivity index (χ4v) is 4.43. The highest BCUT2D eigenvalue weighted by molar-refractivity contribution is 5.96. The van der Waals surface area contributed by atoms with E-state index in [-0.39, 0.29) is 29.4 Å². The van der Waals surface area contributed by atoms with E-state index < -0.39 is 5.91 Å². The Balaban J connectivity index is 0.000000238. The van der Waals surface area contributed by atoms with Crippen LogP contribution in [0.25, 0.3) is 0 Å². The van der Waals surface area contributed by atoms with Crippen LogP contribution in [0.5, 0.6) is 0 Å². The summed E-state index contributed by atoms with van der Waals surface area (Å²) in [6.07, 6.45) is 8.85. The topological polar surface area (TPSA) is 110 Å². The molecule has 0 radical (unpaired) electrons. The monoisotopic (exact) mass is 438 g/mol. The third kappa shape index (κ3) is 5.37. The number of carbonyl (C=O) groups is 2. The van der Waals surface area contributed by atoms with Gasteiger partial charge in [0.05, 0.1) is 18.8 Å². The number of fused-ring (bicyclic) bond motifs is 1. The van der Waals surface area contributed by atoms with Gasteiger partial charge in [-0.15, -0.1) is 0 Å². The molecular weight excluding hydrogens is 404 g/mol. The average Bonchev–Trinajstić information content (AvgIpc) is 3.38. The summed E-state index contributed by atoms with van der Waals surface area (Å²) in [5, 5.41) is 4.10. The molecule has 4 N–H and O–H groups in total. The lowest BCUT2D eigenvalue weighted by Crippen LogP contribution is -2.38. The molecule has 0 spiro atoms. The minimum absolute atomic E-state index is 0.0548. The van der Waals surface area contributed by atoms with E-state index >= 15 is 0 Å². The number of anilines is 1. The molecule has 0 bridgehead atoms. The summed E-state index contributed by atoms with van der Waals surface area (Å²) in [6, 6.07) is 9.01. The molecule has 1 unspecified atom stereocenters. The van der Waals surface area contributed by atoms with Gasteiger partial charge in [0, 0.05) is 12.6 Å². The third-order valence-electron chi connectivity index (χ3n) is 6.37. The fraction of sp³-hybridized carbons (Fsp3) is 0.458. The van der Waals surface area contributed by atoms with Crippen LogP contribution in [0.2, 0.25) is 0 Å². The Labute approximate surface area is 189 Å². The average molecular weight is 439 g/mol. The maximum atomic E-state index is 12.0. The van der Waals surface area contributed by atoms with Gasteiger partial charge < -0.3 is 21.3 Å². The standard InChI is InChI=1S/C14H22N6O2.C10H12/c1-4-12(21)19-7-9(18(2)3)5-10(19)8-20-13(15)11(6-17-20)14(16)22;1-2-6-10-8-4-3-7-9(10)5-1/h4,6,9-10H,1,5,7-8,15H2,2-3H3,(H2,16,22);1-2,5-6H,3-4,7-8H2/t9?,10-;/m0./s1.